The van der Waals surface area contributed by atoms with Gasteiger partial charge in [0.25, 0.3) is 0 Å². The van der Waals surface area contributed by atoms with Gasteiger partial charge in [0.2, 0.25) is 7.94 Å². The average Bonchev–Trinajstić information content (AvgIpc) is 3.24. The molecule has 3 fully saturated rings. The van der Waals surface area contributed by atoms with E-state index in [2.05, 4.69) is 32.2 Å². The minimum atomic E-state index is -2.63. The summed E-state index contributed by atoms with van der Waals surface area (Å²) in [4.78, 5) is 14.6. The van der Waals surface area contributed by atoms with Gasteiger partial charge in [-0.05, 0) is 68.6 Å². The Balaban J connectivity index is 1.57. The Morgan fingerprint density at radius 1 is 0.920 bits per heavy atom. The Morgan fingerprint density at radius 3 is 2.64 bits per heavy atom. The second-order valence-corrected chi connectivity index (χ2v) is 10.8. The van der Waals surface area contributed by atoms with Crippen molar-refractivity contribution in [2.24, 2.45) is 0 Å². The minimum Gasteiger partial charge on any atom is -0.631 e. The summed E-state index contributed by atoms with van der Waals surface area (Å²) in [6.07, 6.45) is 11.0. The summed E-state index contributed by atoms with van der Waals surface area (Å²) in [5.41, 5.74) is 4.29. The smallest absolute Gasteiger partial charge is 0.209 e. The van der Waals surface area contributed by atoms with Crippen molar-refractivity contribution in [2.45, 2.75) is 63.8 Å². The Labute approximate surface area is 152 Å². The third kappa shape index (κ3) is 2.56. The third-order valence-electron chi connectivity index (χ3n) is 6.73. The molecule has 5 rings (SSSR count). The second kappa shape index (κ2) is 6.49. The van der Waals surface area contributed by atoms with E-state index in [0.29, 0.717) is 6.04 Å². The monoisotopic (exact) mass is 359 g/mol. The highest BCUT2D eigenvalue weighted by atomic mass is 31.2. The summed E-state index contributed by atoms with van der Waals surface area (Å²) in [5.74, 6) is 0. The van der Waals surface area contributed by atoms with Gasteiger partial charge in [0.1, 0.15) is 0 Å². The summed E-state index contributed by atoms with van der Waals surface area (Å²) in [7, 11) is -2.63. The first-order chi connectivity index (χ1) is 12.3. The number of nitrogens with zero attached hydrogens (tertiary/aromatic N) is 3. The largest absolute Gasteiger partial charge is 0.631 e. The van der Waals surface area contributed by atoms with Gasteiger partial charge in [-0.1, -0.05) is 18.6 Å². The fraction of sp³-hybridized carbons (Fsp3) is 0.700. The lowest BCUT2D eigenvalue weighted by atomic mass is 9.90. The van der Waals surface area contributed by atoms with Gasteiger partial charge in [-0.3, -0.25) is 0 Å². The van der Waals surface area contributed by atoms with Crippen LogP contribution in [-0.4, -0.2) is 41.6 Å². The number of hydrogen-bond donors (Lipinski definition) is 0. The predicted molar refractivity (Wildman–Crippen MR) is 103 cm³/mol. The molecule has 4 nitrogen and oxygen atoms in total. The first-order valence-corrected chi connectivity index (χ1v) is 11.9. The summed E-state index contributed by atoms with van der Waals surface area (Å²) in [6.45, 7) is 3.99. The lowest BCUT2D eigenvalue weighted by Crippen LogP contribution is -2.47. The van der Waals surface area contributed by atoms with Crippen LogP contribution >= 0.6 is 7.94 Å². The average molecular weight is 359 g/mol. The van der Waals surface area contributed by atoms with Gasteiger partial charge >= 0.3 is 0 Å². The molecule has 0 aromatic heterocycles. The van der Waals surface area contributed by atoms with E-state index in [0.717, 1.165) is 32.6 Å². The van der Waals surface area contributed by atoms with Gasteiger partial charge < -0.3 is 4.89 Å². The summed E-state index contributed by atoms with van der Waals surface area (Å²) < 4.78 is 7.14. The van der Waals surface area contributed by atoms with Crippen LogP contribution in [0.15, 0.2) is 18.2 Å². The Morgan fingerprint density at radius 2 is 1.76 bits per heavy atom. The predicted octanol–water partition coefficient (Wildman–Crippen LogP) is 3.37. The highest BCUT2D eigenvalue weighted by molar-refractivity contribution is 7.66. The molecule has 0 saturated carbocycles. The van der Waals surface area contributed by atoms with E-state index in [4.69, 9.17) is 0 Å². The molecular weight excluding hydrogens is 329 g/mol. The quantitative estimate of drug-likeness (QED) is 0.758. The molecule has 4 aliphatic rings. The molecule has 3 saturated heterocycles. The van der Waals surface area contributed by atoms with E-state index in [1.807, 2.05) is 0 Å². The standard InChI is InChI=1S/C20H30N3OP/c24-25(21-13-4-1-5-14-21)22-15-7-10-18(22)16-23(25)20-12-6-9-17-8-2-3-11-19(17)20/h6,9,12,18H,1-5,7-8,10-11,13-16H2/t18-,25?/m0/s1. The first-order valence-electron chi connectivity index (χ1n) is 10.3. The van der Waals surface area contributed by atoms with Crippen LogP contribution in [0.2, 0.25) is 0 Å². The van der Waals surface area contributed by atoms with Crippen LogP contribution in [0.1, 0.15) is 56.1 Å². The molecule has 3 heterocycles. The number of anilines is 1. The van der Waals surface area contributed by atoms with Crippen LogP contribution in [0.4, 0.5) is 5.69 Å². The summed E-state index contributed by atoms with van der Waals surface area (Å²) >= 11 is 0. The van der Waals surface area contributed by atoms with Gasteiger partial charge in [0.15, 0.2) is 0 Å². The highest BCUT2D eigenvalue weighted by Crippen LogP contribution is 2.68. The zero-order chi connectivity index (χ0) is 16.9. The third-order valence-corrected chi connectivity index (χ3v) is 10.1. The van der Waals surface area contributed by atoms with Crippen LogP contribution in [0, 0.1) is 0 Å². The molecule has 1 aromatic carbocycles. The molecule has 0 amide bonds. The van der Waals surface area contributed by atoms with Crippen molar-refractivity contribution in [2.75, 3.05) is 30.8 Å². The number of piperidine rings is 1. The van der Waals surface area contributed by atoms with E-state index >= 15 is 0 Å². The first kappa shape index (κ1) is 16.5. The minimum absolute atomic E-state index is 0.493. The normalized spacial score (nSPS) is 33.5. The summed E-state index contributed by atoms with van der Waals surface area (Å²) in [5, 5.41) is 0. The SMILES string of the molecule is [O-][P+]1(N2CCCCC2)N(c2cccc3c2CCCC3)C[C@@H]2CCCN21. The highest BCUT2D eigenvalue weighted by Gasteiger charge is 2.58. The maximum absolute atomic E-state index is 14.6. The number of hydrogen-bond acceptors (Lipinski definition) is 4. The molecule has 1 aromatic rings. The maximum Gasteiger partial charge on any atom is 0.209 e. The van der Waals surface area contributed by atoms with E-state index in [1.165, 1.54) is 68.2 Å². The number of benzene rings is 1. The topological polar surface area (TPSA) is 32.8 Å². The van der Waals surface area contributed by atoms with Crippen molar-refractivity contribution < 1.29 is 4.89 Å². The molecule has 0 N–H and O–H groups in total. The second-order valence-electron chi connectivity index (χ2n) is 8.19. The van der Waals surface area contributed by atoms with E-state index in [9.17, 15) is 4.89 Å². The van der Waals surface area contributed by atoms with Crippen LogP contribution < -0.4 is 9.56 Å². The molecule has 3 aliphatic heterocycles. The van der Waals surface area contributed by atoms with Crippen molar-refractivity contribution in [3.8, 4) is 0 Å². The van der Waals surface area contributed by atoms with Crippen molar-refractivity contribution in [3.05, 3.63) is 29.3 Å². The molecule has 0 spiro atoms. The summed E-state index contributed by atoms with van der Waals surface area (Å²) in [6, 6.07) is 7.24. The van der Waals surface area contributed by atoms with Gasteiger partial charge in [0, 0.05) is 19.6 Å². The molecule has 25 heavy (non-hydrogen) atoms. The van der Waals surface area contributed by atoms with Gasteiger partial charge in [-0.2, -0.15) is 0 Å². The number of fused-ring (bicyclic) bond motifs is 2. The zero-order valence-electron chi connectivity index (χ0n) is 15.2. The number of rotatable bonds is 2. The Kier molecular flexibility index (Phi) is 4.28. The van der Waals surface area contributed by atoms with Crippen LogP contribution in [-0.2, 0) is 12.8 Å². The van der Waals surface area contributed by atoms with Crippen LogP contribution in [0.5, 0.6) is 0 Å². The van der Waals surface area contributed by atoms with Gasteiger partial charge in [0.05, 0.1) is 18.3 Å². The fourth-order valence-corrected chi connectivity index (χ4v) is 9.09. The Bertz CT molecular complexity index is 648. The van der Waals surface area contributed by atoms with Crippen molar-refractivity contribution in [1.82, 2.24) is 9.34 Å². The molecule has 0 bridgehead atoms. The molecule has 0 radical (unpaired) electrons. The lowest BCUT2D eigenvalue weighted by molar-refractivity contribution is -0.194. The van der Waals surface area contributed by atoms with Crippen LogP contribution in [0.25, 0.3) is 0 Å². The number of aryl methyl sites for hydroxylation is 1. The molecule has 5 heteroatoms. The molecule has 136 valence electrons. The zero-order valence-corrected chi connectivity index (χ0v) is 16.1. The van der Waals surface area contributed by atoms with E-state index in [-0.39, 0.29) is 0 Å². The molecule has 1 unspecified atom stereocenters. The Hall–Kier alpha value is -0.670. The van der Waals surface area contributed by atoms with Crippen molar-refractivity contribution >= 4 is 13.6 Å². The van der Waals surface area contributed by atoms with Crippen molar-refractivity contribution in [1.29, 1.82) is 0 Å². The van der Waals surface area contributed by atoms with Gasteiger partial charge in [-0.15, -0.1) is 9.34 Å². The maximum atomic E-state index is 14.6. The van der Waals surface area contributed by atoms with Crippen molar-refractivity contribution in [3.63, 3.8) is 0 Å². The fourth-order valence-electron chi connectivity index (χ4n) is 5.49. The molecule has 2 atom stereocenters. The van der Waals surface area contributed by atoms with Gasteiger partial charge in [-0.25, -0.2) is 4.67 Å². The van der Waals surface area contributed by atoms with E-state index < -0.39 is 7.94 Å². The lowest BCUT2D eigenvalue weighted by Gasteiger charge is -2.47. The molecule has 1 aliphatic carbocycles. The van der Waals surface area contributed by atoms with Crippen LogP contribution in [0.3, 0.4) is 0 Å². The molecular formula is C20H30N3OP. The van der Waals surface area contributed by atoms with E-state index in [1.54, 1.807) is 0 Å².